The molecule has 1 fully saturated rings. The summed E-state index contributed by atoms with van der Waals surface area (Å²) in [5.41, 5.74) is 4.01. The maximum absolute atomic E-state index is 12.6. The lowest BCUT2D eigenvalue weighted by Gasteiger charge is -2.15. The average Bonchev–Trinajstić information content (AvgIpc) is 3.37. The van der Waals surface area contributed by atoms with Crippen molar-refractivity contribution in [2.75, 3.05) is 6.54 Å². The predicted molar refractivity (Wildman–Crippen MR) is 116 cm³/mol. The van der Waals surface area contributed by atoms with Gasteiger partial charge in [-0.2, -0.15) is 5.10 Å². The van der Waals surface area contributed by atoms with Crippen LogP contribution in [-0.4, -0.2) is 24.6 Å². The average molecular weight is 442 g/mol. The van der Waals surface area contributed by atoms with Crippen LogP contribution in [-0.2, 0) is 9.59 Å². The van der Waals surface area contributed by atoms with Gasteiger partial charge in [0.2, 0.25) is 5.91 Å². The quantitative estimate of drug-likeness (QED) is 0.352. The maximum atomic E-state index is 12.6. The van der Waals surface area contributed by atoms with Crippen LogP contribution in [0.15, 0.2) is 70.2 Å². The molecule has 152 valence electrons. The molecule has 0 saturated carbocycles. The van der Waals surface area contributed by atoms with Crippen LogP contribution in [0.2, 0.25) is 10.0 Å². The number of hydrogen-bond donors (Lipinski definition) is 2. The van der Waals surface area contributed by atoms with Crippen LogP contribution < -0.4 is 10.7 Å². The van der Waals surface area contributed by atoms with E-state index in [4.69, 9.17) is 27.6 Å². The zero-order valence-electron chi connectivity index (χ0n) is 15.6. The SMILES string of the molecule is O=C1NCC(c2ccccc2)C1C(=O)N/N=C\c1ccc(-c2cccc(Cl)c2Cl)o1. The third kappa shape index (κ3) is 4.10. The first-order valence-corrected chi connectivity index (χ1v) is 10.00. The molecule has 8 heteroatoms. The minimum atomic E-state index is -0.845. The van der Waals surface area contributed by atoms with E-state index in [1.54, 1.807) is 30.3 Å². The van der Waals surface area contributed by atoms with Crippen LogP contribution in [0.25, 0.3) is 11.3 Å². The van der Waals surface area contributed by atoms with Gasteiger partial charge in [-0.05, 0) is 29.8 Å². The number of rotatable bonds is 5. The first kappa shape index (κ1) is 20.2. The molecule has 0 spiro atoms. The summed E-state index contributed by atoms with van der Waals surface area (Å²) < 4.78 is 5.70. The van der Waals surface area contributed by atoms with Gasteiger partial charge in [-0.3, -0.25) is 9.59 Å². The molecule has 2 heterocycles. The van der Waals surface area contributed by atoms with Gasteiger partial charge in [-0.1, -0.05) is 59.6 Å². The minimum Gasteiger partial charge on any atom is -0.455 e. The molecule has 6 nitrogen and oxygen atoms in total. The van der Waals surface area contributed by atoms with Gasteiger partial charge < -0.3 is 9.73 Å². The van der Waals surface area contributed by atoms with Crippen LogP contribution in [0.3, 0.4) is 0 Å². The van der Waals surface area contributed by atoms with E-state index < -0.39 is 11.8 Å². The van der Waals surface area contributed by atoms with Crippen LogP contribution in [0.4, 0.5) is 0 Å². The number of carbonyl (C=O) groups is 2. The largest absolute Gasteiger partial charge is 0.455 e. The minimum absolute atomic E-state index is 0.242. The van der Waals surface area contributed by atoms with Crippen molar-refractivity contribution in [1.82, 2.24) is 10.7 Å². The van der Waals surface area contributed by atoms with E-state index in [9.17, 15) is 9.59 Å². The number of furan rings is 1. The summed E-state index contributed by atoms with van der Waals surface area (Å²) >= 11 is 12.3. The molecule has 2 atom stereocenters. The normalized spacial score (nSPS) is 18.5. The van der Waals surface area contributed by atoms with Gasteiger partial charge >= 0.3 is 0 Å². The van der Waals surface area contributed by atoms with E-state index in [2.05, 4.69) is 15.8 Å². The summed E-state index contributed by atoms with van der Waals surface area (Å²) in [4.78, 5) is 24.8. The van der Waals surface area contributed by atoms with Gasteiger partial charge in [-0.25, -0.2) is 5.43 Å². The van der Waals surface area contributed by atoms with E-state index in [0.29, 0.717) is 33.7 Å². The van der Waals surface area contributed by atoms with Gasteiger partial charge in [-0.15, -0.1) is 0 Å². The van der Waals surface area contributed by atoms with Crippen LogP contribution >= 0.6 is 23.2 Å². The van der Waals surface area contributed by atoms with E-state index in [0.717, 1.165) is 5.56 Å². The molecule has 2 amide bonds. The van der Waals surface area contributed by atoms with Crippen molar-refractivity contribution in [3.63, 3.8) is 0 Å². The molecule has 0 radical (unpaired) electrons. The Morgan fingerprint density at radius 3 is 2.70 bits per heavy atom. The molecule has 4 rings (SSSR count). The highest BCUT2D eigenvalue weighted by Crippen LogP contribution is 2.34. The predicted octanol–water partition coefficient (Wildman–Crippen LogP) is 4.23. The summed E-state index contributed by atoms with van der Waals surface area (Å²) in [5.74, 6) is -0.935. The Hall–Kier alpha value is -3.09. The molecular formula is C22H17Cl2N3O3. The van der Waals surface area contributed by atoms with Crippen molar-refractivity contribution in [1.29, 1.82) is 0 Å². The van der Waals surface area contributed by atoms with Crippen molar-refractivity contribution < 1.29 is 14.0 Å². The first-order valence-electron chi connectivity index (χ1n) is 9.24. The molecule has 2 unspecified atom stereocenters. The molecule has 3 aromatic rings. The Morgan fingerprint density at radius 1 is 1.10 bits per heavy atom. The molecule has 2 N–H and O–H groups in total. The van der Waals surface area contributed by atoms with Crippen LogP contribution in [0.5, 0.6) is 0 Å². The molecule has 2 aromatic carbocycles. The summed E-state index contributed by atoms with van der Waals surface area (Å²) in [5, 5.41) is 7.50. The zero-order valence-corrected chi connectivity index (χ0v) is 17.2. The monoisotopic (exact) mass is 441 g/mol. The van der Waals surface area contributed by atoms with Crippen molar-refractivity contribution in [2.45, 2.75) is 5.92 Å². The third-order valence-electron chi connectivity index (χ3n) is 4.90. The Morgan fingerprint density at radius 2 is 1.90 bits per heavy atom. The van der Waals surface area contributed by atoms with Crippen molar-refractivity contribution in [2.24, 2.45) is 11.0 Å². The van der Waals surface area contributed by atoms with E-state index >= 15 is 0 Å². The third-order valence-corrected chi connectivity index (χ3v) is 5.72. The highest BCUT2D eigenvalue weighted by molar-refractivity contribution is 6.43. The van der Waals surface area contributed by atoms with Gasteiger partial charge in [0.15, 0.2) is 0 Å². The fourth-order valence-electron chi connectivity index (χ4n) is 3.42. The van der Waals surface area contributed by atoms with Crippen molar-refractivity contribution >= 4 is 41.2 Å². The lowest BCUT2D eigenvalue weighted by Crippen LogP contribution is -2.34. The number of amides is 2. The van der Waals surface area contributed by atoms with Gasteiger partial charge in [0.25, 0.3) is 5.91 Å². The fourth-order valence-corrected chi connectivity index (χ4v) is 3.82. The topological polar surface area (TPSA) is 83.7 Å². The highest BCUT2D eigenvalue weighted by atomic mass is 35.5. The Labute approximate surface area is 182 Å². The highest BCUT2D eigenvalue weighted by Gasteiger charge is 2.40. The molecule has 1 aliphatic heterocycles. The molecule has 0 bridgehead atoms. The van der Waals surface area contributed by atoms with E-state index in [-0.39, 0.29) is 11.8 Å². The van der Waals surface area contributed by atoms with Gasteiger partial charge in [0.05, 0.1) is 16.3 Å². The Kier molecular flexibility index (Phi) is 5.88. The first-order chi connectivity index (χ1) is 14.5. The van der Waals surface area contributed by atoms with Crippen LogP contribution in [0, 0.1) is 5.92 Å². The number of nitrogens with one attached hydrogen (secondary N) is 2. The maximum Gasteiger partial charge on any atom is 0.253 e. The molecule has 1 aromatic heterocycles. The van der Waals surface area contributed by atoms with E-state index in [1.165, 1.54) is 6.21 Å². The van der Waals surface area contributed by atoms with Gasteiger partial charge in [0, 0.05) is 18.0 Å². The molecule has 1 aliphatic rings. The number of nitrogens with zero attached hydrogens (tertiary/aromatic N) is 1. The summed E-state index contributed by atoms with van der Waals surface area (Å²) in [6, 6.07) is 18.1. The Balaban J connectivity index is 1.44. The molecule has 30 heavy (non-hydrogen) atoms. The fraction of sp³-hybridized carbons (Fsp3) is 0.136. The van der Waals surface area contributed by atoms with Crippen molar-refractivity contribution in [3.05, 3.63) is 82.0 Å². The second-order valence-electron chi connectivity index (χ2n) is 6.78. The smallest absolute Gasteiger partial charge is 0.253 e. The second-order valence-corrected chi connectivity index (χ2v) is 7.56. The summed E-state index contributed by atoms with van der Waals surface area (Å²) in [6.45, 7) is 0.409. The van der Waals surface area contributed by atoms with Gasteiger partial charge in [0.1, 0.15) is 17.4 Å². The van der Waals surface area contributed by atoms with Crippen molar-refractivity contribution in [3.8, 4) is 11.3 Å². The van der Waals surface area contributed by atoms with E-state index in [1.807, 2.05) is 30.3 Å². The summed E-state index contributed by atoms with van der Waals surface area (Å²) in [6.07, 6.45) is 1.37. The molecule has 0 aliphatic carbocycles. The lowest BCUT2D eigenvalue weighted by atomic mass is 9.88. The number of hydrogen-bond acceptors (Lipinski definition) is 4. The van der Waals surface area contributed by atoms with Crippen LogP contribution in [0.1, 0.15) is 17.2 Å². The lowest BCUT2D eigenvalue weighted by molar-refractivity contribution is -0.133. The Bertz CT molecular complexity index is 1110. The zero-order chi connectivity index (χ0) is 21.1. The molecular weight excluding hydrogens is 425 g/mol. The number of benzene rings is 2. The standard InChI is InChI=1S/C22H17Cl2N3O3/c23-17-8-4-7-15(20(17)24)18-10-9-14(30-18)11-26-27-22(29)19-16(12-25-21(19)28)13-5-2-1-3-6-13/h1-11,16,19H,12H2,(H,25,28)(H,27,29)/b26-11-. The molecule has 1 saturated heterocycles. The second kappa shape index (κ2) is 8.73. The number of hydrazone groups is 1. The number of halogens is 2. The summed E-state index contributed by atoms with van der Waals surface area (Å²) in [7, 11) is 0. The number of carbonyl (C=O) groups excluding carboxylic acids is 2.